The second-order valence-electron chi connectivity index (χ2n) is 5.56. The van der Waals surface area contributed by atoms with Crippen LogP contribution in [0.25, 0.3) is 5.69 Å². The molecule has 4 rings (SSSR count). The normalized spacial score (nSPS) is 16.2. The van der Waals surface area contributed by atoms with Crippen LogP contribution in [0.3, 0.4) is 0 Å². The van der Waals surface area contributed by atoms with Crippen molar-refractivity contribution in [3.8, 4) is 5.69 Å². The molecule has 6 heteroatoms. The molecule has 24 heavy (non-hydrogen) atoms. The van der Waals surface area contributed by atoms with Gasteiger partial charge in [0.1, 0.15) is 11.6 Å². The van der Waals surface area contributed by atoms with Crippen LogP contribution in [0.4, 0.5) is 4.39 Å². The fraction of sp³-hybridized carbons (Fsp3) is 0.111. The van der Waals surface area contributed by atoms with E-state index in [4.69, 9.17) is 11.6 Å². The molecule has 0 radical (unpaired) electrons. The molecule has 3 aromatic rings. The number of aliphatic hydroxyl groups excluding tert-OH is 1. The van der Waals surface area contributed by atoms with Crippen LogP contribution >= 0.6 is 11.6 Å². The van der Waals surface area contributed by atoms with E-state index in [-0.39, 0.29) is 0 Å². The Morgan fingerprint density at radius 1 is 1.17 bits per heavy atom. The molecule has 1 aliphatic rings. The Hall–Kier alpha value is -2.50. The van der Waals surface area contributed by atoms with E-state index in [0.29, 0.717) is 33.4 Å². The molecule has 2 aromatic carbocycles. The SMILES string of the molecule is Cc1ncc2n1-c1ccc(Cl)cc1C(c1ccccc1F)=N[C@H]2O. The second-order valence-corrected chi connectivity index (χ2v) is 5.99. The van der Waals surface area contributed by atoms with Gasteiger partial charge in [0.05, 0.1) is 23.3 Å². The van der Waals surface area contributed by atoms with Crippen molar-refractivity contribution < 1.29 is 9.50 Å². The van der Waals surface area contributed by atoms with Crippen LogP contribution in [0, 0.1) is 12.7 Å². The molecule has 4 nitrogen and oxygen atoms in total. The van der Waals surface area contributed by atoms with Crippen molar-refractivity contribution in [1.29, 1.82) is 0 Å². The Morgan fingerprint density at radius 2 is 1.96 bits per heavy atom. The lowest BCUT2D eigenvalue weighted by Crippen LogP contribution is -2.09. The van der Waals surface area contributed by atoms with Crippen LogP contribution < -0.4 is 0 Å². The smallest absolute Gasteiger partial charge is 0.189 e. The molecular weight excluding hydrogens is 329 g/mol. The number of aliphatic imine (C=N–C) groups is 1. The predicted molar refractivity (Wildman–Crippen MR) is 90.3 cm³/mol. The number of benzene rings is 2. The van der Waals surface area contributed by atoms with Gasteiger partial charge in [0.15, 0.2) is 6.23 Å². The van der Waals surface area contributed by atoms with Gasteiger partial charge in [-0.05, 0) is 37.3 Å². The maximum Gasteiger partial charge on any atom is 0.189 e. The van der Waals surface area contributed by atoms with Gasteiger partial charge in [-0.3, -0.25) is 4.57 Å². The average molecular weight is 342 g/mol. The van der Waals surface area contributed by atoms with Gasteiger partial charge in [0.2, 0.25) is 0 Å². The van der Waals surface area contributed by atoms with E-state index in [2.05, 4.69) is 9.98 Å². The summed E-state index contributed by atoms with van der Waals surface area (Å²) in [6, 6.07) is 11.6. The highest BCUT2D eigenvalue weighted by Gasteiger charge is 2.26. The minimum Gasteiger partial charge on any atom is -0.367 e. The summed E-state index contributed by atoms with van der Waals surface area (Å²) in [4.78, 5) is 8.61. The Morgan fingerprint density at radius 3 is 2.75 bits per heavy atom. The number of halogens is 2. The quantitative estimate of drug-likeness (QED) is 0.731. The minimum absolute atomic E-state index is 0.316. The molecule has 0 spiro atoms. The van der Waals surface area contributed by atoms with Gasteiger partial charge < -0.3 is 5.11 Å². The highest BCUT2D eigenvalue weighted by Crippen LogP contribution is 2.32. The van der Waals surface area contributed by atoms with E-state index in [0.717, 1.165) is 5.69 Å². The van der Waals surface area contributed by atoms with Gasteiger partial charge in [0, 0.05) is 16.1 Å². The fourth-order valence-electron chi connectivity index (χ4n) is 2.98. The van der Waals surface area contributed by atoms with Gasteiger partial charge in [-0.25, -0.2) is 14.4 Å². The number of aromatic nitrogens is 2. The first-order valence-electron chi connectivity index (χ1n) is 7.41. The molecule has 0 aliphatic carbocycles. The van der Waals surface area contributed by atoms with Gasteiger partial charge in [-0.1, -0.05) is 23.7 Å². The molecule has 1 atom stereocenters. The summed E-state index contributed by atoms with van der Waals surface area (Å²) in [5.74, 6) is 0.299. The molecule has 0 bridgehead atoms. The highest BCUT2D eigenvalue weighted by molar-refractivity contribution is 6.31. The molecule has 0 saturated carbocycles. The fourth-order valence-corrected chi connectivity index (χ4v) is 3.15. The first-order valence-corrected chi connectivity index (χ1v) is 7.79. The molecule has 1 aliphatic heterocycles. The van der Waals surface area contributed by atoms with Crippen LogP contribution in [0.15, 0.2) is 53.7 Å². The number of rotatable bonds is 1. The average Bonchev–Trinajstić information content (AvgIpc) is 2.89. The third-order valence-corrected chi connectivity index (χ3v) is 4.30. The summed E-state index contributed by atoms with van der Waals surface area (Å²) >= 11 is 6.16. The maximum absolute atomic E-state index is 14.3. The topological polar surface area (TPSA) is 50.4 Å². The number of nitrogens with zero attached hydrogens (tertiary/aromatic N) is 3. The Bertz CT molecular complexity index is 980. The van der Waals surface area contributed by atoms with E-state index in [1.807, 2.05) is 17.6 Å². The van der Waals surface area contributed by atoms with E-state index < -0.39 is 12.0 Å². The monoisotopic (exact) mass is 341 g/mol. The number of aryl methyl sites for hydroxylation is 1. The van der Waals surface area contributed by atoms with E-state index in [1.54, 1.807) is 36.5 Å². The largest absolute Gasteiger partial charge is 0.367 e. The third-order valence-electron chi connectivity index (χ3n) is 4.06. The number of imidazole rings is 1. The summed E-state index contributed by atoms with van der Waals surface area (Å²) in [5, 5.41) is 11.0. The molecule has 1 N–H and O–H groups in total. The van der Waals surface area contributed by atoms with Gasteiger partial charge in [0.25, 0.3) is 0 Å². The van der Waals surface area contributed by atoms with Crippen molar-refractivity contribution in [2.24, 2.45) is 4.99 Å². The van der Waals surface area contributed by atoms with Crippen molar-refractivity contribution in [3.63, 3.8) is 0 Å². The molecule has 0 unspecified atom stereocenters. The van der Waals surface area contributed by atoms with Gasteiger partial charge >= 0.3 is 0 Å². The standard InChI is InChI=1S/C18H13ClFN3O/c1-10-21-9-16-18(24)22-17(12-4-2-3-5-14(12)20)13-8-11(19)6-7-15(13)23(10)16/h2-9,18,24H,1H3/t18-/m0/s1. The summed E-state index contributed by atoms with van der Waals surface area (Å²) < 4.78 is 16.2. The van der Waals surface area contributed by atoms with Crippen molar-refractivity contribution in [3.05, 3.63) is 82.1 Å². The second kappa shape index (κ2) is 5.54. The zero-order valence-corrected chi connectivity index (χ0v) is 13.5. The van der Waals surface area contributed by atoms with E-state index in [9.17, 15) is 9.50 Å². The van der Waals surface area contributed by atoms with Crippen molar-refractivity contribution in [2.45, 2.75) is 13.2 Å². The lowest BCUT2D eigenvalue weighted by Gasteiger charge is -2.13. The number of hydrogen-bond acceptors (Lipinski definition) is 3. The lowest BCUT2D eigenvalue weighted by atomic mass is 10.00. The van der Waals surface area contributed by atoms with Gasteiger partial charge in [-0.15, -0.1) is 0 Å². The number of aliphatic hydroxyl groups is 1. The molecule has 0 saturated heterocycles. The molecule has 0 amide bonds. The molecule has 0 fully saturated rings. The predicted octanol–water partition coefficient (Wildman–Crippen LogP) is 3.82. The maximum atomic E-state index is 14.3. The van der Waals surface area contributed by atoms with E-state index in [1.165, 1.54) is 6.07 Å². The molecule has 2 heterocycles. The minimum atomic E-state index is -1.15. The van der Waals surface area contributed by atoms with Crippen LogP contribution in [-0.4, -0.2) is 20.4 Å². The first-order chi connectivity index (χ1) is 11.6. The lowest BCUT2D eigenvalue weighted by molar-refractivity contribution is 0.182. The van der Waals surface area contributed by atoms with Crippen LogP contribution in [0.2, 0.25) is 5.02 Å². The van der Waals surface area contributed by atoms with Crippen molar-refractivity contribution in [1.82, 2.24) is 9.55 Å². The zero-order chi connectivity index (χ0) is 16.8. The summed E-state index contributed by atoms with van der Waals surface area (Å²) in [7, 11) is 0. The van der Waals surface area contributed by atoms with Crippen molar-refractivity contribution >= 4 is 17.3 Å². The Kier molecular flexibility index (Phi) is 3.48. The Labute approximate surface area is 142 Å². The molecule has 1 aromatic heterocycles. The summed E-state index contributed by atoms with van der Waals surface area (Å²) in [6.45, 7) is 1.84. The van der Waals surface area contributed by atoms with Crippen molar-refractivity contribution in [2.75, 3.05) is 0 Å². The highest BCUT2D eigenvalue weighted by atomic mass is 35.5. The molecular formula is C18H13ClFN3O. The van der Waals surface area contributed by atoms with Gasteiger partial charge in [-0.2, -0.15) is 0 Å². The summed E-state index contributed by atoms with van der Waals surface area (Å²) in [5.41, 5.74) is 2.61. The summed E-state index contributed by atoms with van der Waals surface area (Å²) in [6.07, 6.45) is 0.429. The van der Waals surface area contributed by atoms with Crippen LogP contribution in [0.1, 0.15) is 28.9 Å². The van der Waals surface area contributed by atoms with Crippen LogP contribution in [0.5, 0.6) is 0 Å². The van der Waals surface area contributed by atoms with E-state index >= 15 is 0 Å². The number of fused-ring (bicyclic) bond motifs is 3. The Balaban J connectivity index is 2.07. The molecule has 120 valence electrons. The zero-order valence-electron chi connectivity index (χ0n) is 12.7. The third kappa shape index (κ3) is 2.25. The number of hydrogen-bond donors (Lipinski definition) is 1. The first kappa shape index (κ1) is 15.1. The van der Waals surface area contributed by atoms with Crippen LogP contribution in [-0.2, 0) is 0 Å².